The molecule has 0 bridgehead atoms. The number of esters is 1. The Kier molecular flexibility index (Phi) is 8.37. The zero-order valence-corrected chi connectivity index (χ0v) is 25.2. The van der Waals surface area contributed by atoms with Crippen LogP contribution in [-0.4, -0.2) is 69.2 Å². The smallest absolute Gasteiger partial charge is 0.314 e. The van der Waals surface area contributed by atoms with E-state index in [9.17, 15) is 4.79 Å². The molecule has 4 aliphatic rings. The minimum atomic E-state index is -2.02. The summed E-state index contributed by atoms with van der Waals surface area (Å²) in [6.07, 6.45) is 3.96. The largest absolute Gasteiger partial charge is 0.547 e. The molecule has 0 saturated carbocycles. The minimum absolute atomic E-state index is 0.0786. The molecule has 0 radical (unpaired) electrons. The fourth-order valence-corrected chi connectivity index (χ4v) is 10.3. The van der Waals surface area contributed by atoms with Gasteiger partial charge in [-0.05, 0) is 61.4 Å². The van der Waals surface area contributed by atoms with Gasteiger partial charge in [-0.25, -0.2) is 0 Å². The van der Waals surface area contributed by atoms with E-state index < -0.39 is 13.7 Å². The number of rotatable bonds is 6. The lowest BCUT2D eigenvalue weighted by Gasteiger charge is -2.48. The van der Waals surface area contributed by atoms with E-state index in [1.54, 1.807) is 0 Å². The fourth-order valence-electron chi connectivity index (χ4n) is 5.63. The van der Waals surface area contributed by atoms with Crippen molar-refractivity contribution in [2.24, 2.45) is 11.3 Å². The van der Waals surface area contributed by atoms with Gasteiger partial charge in [-0.3, -0.25) is 4.79 Å². The second-order valence-electron chi connectivity index (χ2n) is 11.9. The van der Waals surface area contributed by atoms with E-state index in [4.69, 9.17) is 23.4 Å². The van der Waals surface area contributed by atoms with Gasteiger partial charge >= 0.3 is 5.97 Å². The average Bonchev–Trinajstić information content (AvgIpc) is 3.23. The molecule has 35 heavy (non-hydrogen) atoms. The Morgan fingerprint density at radius 1 is 1.11 bits per heavy atom. The SMILES string of the molecule is COC(=O)[C@]12CCC(O[Si](C)(C)C(C)(C)C)=C(C)[C@H]1[C@H](C1(CC3OCCCO3)SCCCS1)OC2. The van der Waals surface area contributed by atoms with Gasteiger partial charge in [0.1, 0.15) is 5.41 Å². The molecule has 200 valence electrons. The maximum Gasteiger partial charge on any atom is 0.314 e. The third-order valence-corrected chi connectivity index (χ3v) is 16.5. The van der Waals surface area contributed by atoms with Gasteiger partial charge in [-0.2, -0.15) is 0 Å². The number of thioether (sulfide) groups is 2. The number of carbonyl (C=O) groups is 1. The van der Waals surface area contributed by atoms with E-state index in [-0.39, 0.29) is 33.4 Å². The molecule has 9 heteroatoms. The van der Waals surface area contributed by atoms with E-state index in [0.29, 0.717) is 13.0 Å². The van der Waals surface area contributed by atoms with Crippen molar-refractivity contribution in [3.05, 3.63) is 11.3 Å². The molecule has 3 fully saturated rings. The van der Waals surface area contributed by atoms with Gasteiger partial charge in [0.2, 0.25) is 8.32 Å². The van der Waals surface area contributed by atoms with Crippen LogP contribution in [0.15, 0.2) is 11.3 Å². The Hall–Kier alpha value is -0.193. The molecule has 0 unspecified atom stereocenters. The molecule has 6 nitrogen and oxygen atoms in total. The van der Waals surface area contributed by atoms with Crippen molar-refractivity contribution in [2.75, 3.05) is 38.4 Å². The van der Waals surface area contributed by atoms with Gasteiger partial charge in [0.25, 0.3) is 0 Å². The monoisotopic (exact) mass is 544 g/mol. The van der Waals surface area contributed by atoms with E-state index in [1.807, 2.05) is 23.5 Å². The number of allylic oxidation sites excluding steroid dienone is 1. The highest BCUT2D eigenvalue weighted by molar-refractivity contribution is 8.18. The van der Waals surface area contributed by atoms with Crippen molar-refractivity contribution in [1.82, 2.24) is 0 Å². The van der Waals surface area contributed by atoms with Crippen LogP contribution in [-0.2, 0) is 28.2 Å². The van der Waals surface area contributed by atoms with Gasteiger partial charge in [-0.1, -0.05) is 20.8 Å². The molecule has 3 atom stereocenters. The number of methoxy groups -OCH3 is 1. The van der Waals surface area contributed by atoms with Crippen molar-refractivity contribution in [2.45, 2.75) is 94.4 Å². The van der Waals surface area contributed by atoms with Gasteiger partial charge in [0, 0.05) is 18.8 Å². The van der Waals surface area contributed by atoms with Crippen molar-refractivity contribution >= 4 is 37.8 Å². The molecule has 4 rings (SSSR count). The van der Waals surface area contributed by atoms with E-state index >= 15 is 0 Å². The van der Waals surface area contributed by atoms with Crippen LogP contribution >= 0.6 is 23.5 Å². The first kappa shape index (κ1) is 27.8. The summed E-state index contributed by atoms with van der Waals surface area (Å²) < 4.78 is 30.8. The summed E-state index contributed by atoms with van der Waals surface area (Å²) in [4.78, 5) is 13.4. The summed E-state index contributed by atoms with van der Waals surface area (Å²) in [6, 6.07) is 0. The molecule has 1 aliphatic carbocycles. The first-order valence-corrected chi connectivity index (χ1v) is 17.9. The highest BCUT2D eigenvalue weighted by Gasteiger charge is 2.64. The molecular formula is C26H44O6S2Si. The number of fused-ring (bicyclic) bond motifs is 1. The van der Waals surface area contributed by atoms with Crippen LogP contribution < -0.4 is 0 Å². The van der Waals surface area contributed by atoms with Crippen LogP contribution in [0.2, 0.25) is 18.1 Å². The van der Waals surface area contributed by atoms with Crippen molar-refractivity contribution < 1.29 is 28.2 Å². The lowest BCUT2D eigenvalue weighted by atomic mass is 9.65. The predicted molar refractivity (Wildman–Crippen MR) is 145 cm³/mol. The first-order chi connectivity index (χ1) is 16.5. The highest BCUT2D eigenvalue weighted by atomic mass is 32.2. The second kappa shape index (κ2) is 10.5. The van der Waals surface area contributed by atoms with Gasteiger partial charge in [-0.15, -0.1) is 23.5 Å². The van der Waals surface area contributed by atoms with E-state index in [0.717, 1.165) is 49.7 Å². The van der Waals surface area contributed by atoms with Crippen molar-refractivity contribution in [1.29, 1.82) is 0 Å². The predicted octanol–water partition coefficient (Wildman–Crippen LogP) is 5.97. The van der Waals surface area contributed by atoms with Crippen LogP contribution in [0.3, 0.4) is 0 Å². The average molecular weight is 545 g/mol. The standard InChI is InChI=1S/C26H44O6S2Si/c1-18-19(32-35(6,7)24(2,3)4)10-11-25(23(27)28-5)17-31-22(21(18)25)26(33-14-9-15-34-26)16-20-29-12-8-13-30-20/h20-22H,8-17H2,1-7H3/t21-,22+,25-/m0/s1. The second-order valence-corrected chi connectivity index (χ2v) is 19.8. The number of hydrogen-bond donors (Lipinski definition) is 0. The lowest BCUT2D eigenvalue weighted by molar-refractivity contribution is -0.184. The maximum absolute atomic E-state index is 13.4. The molecule has 0 aromatic heterocycles. The highest BCUT2D eigenvalue weighted by Crippen LogP contribution is 2.61. The zero-order valence-electron chi connectivity index (χ0n) is 22.6. The summed E-state index contributed by atoms with van der Waals surface area (Å²) in [6.45, 7) is 15.4. The normalized spacial score (nSPS) is 32.3. The molecule has 0 aromatic carbocycles. The van der Waals surface area contributed by atoms with Crippen molar-refractivity contribution in [3.8, 4) is 0 Å². The van der Waals surface area contributed by atoms with Crippen LogP contribution in [0.1, 0.15) is 59.8 Å². The third-order valence-electron chi connectivity index (χ3n) is 8.66. The van der Waals surface area contributed by atoms with Crippen LogP contribution in [0, 0.1) is 11.3 Å². The Morgan fingerprint density at radius 2 is 1.77 bits per heavy atom. The molecule has 3 saturated heterocycles. The Balaban J connectivity index is 1.73. The molecule has 3 aliphatic heterocycles. The Morgan fingerprint density at radius 3 is 2.37 bits per heavy atom. The molecule has 3 heterocycles. The summed E-state index contributed by atoms with van der Waals surface area (Å²) >= 11 is 3.93. The molecule has 0 amide bonds. The minimum Gasteiger partial charge on any atom is -0.547 e. The summed E-state index contributed by atoms with van der Waals surface area (Å²) in [5.74, 6) is 3.00. The molecule has 0 N–H and O–H groups in total. The Labute approximate surface area is 221 Å². The van der Waals surface area contributed by atoms with Crippen LogP contribution in [0.4, 0.5) is 0 Å². The van der Waals surface area contributed by atoms with E-state index in [1.165, 1.54) is 19.1 Å². The summed E-state index contributed by atoms with van der Waals surface area (Å²) in [5.41, 5.74) is 0.509. The van der Waals surface area contributed by atoms with Gasteiger partial charge in [0.05, 0.1) is 42.9 Å². The summed E-state index contributed by atoms with van der Waals surface area (Å²) in [7, 11) is -0.513. The fraction of sp³-hybridized carbons (Fsp3) is 0.885. The van der Waals surface area contributed by atoms with Gasteiger partial charge in [0.15, 0.2) is 6.29 Å². The van der Waals surface area contributed by atoms with Crippen molar-refractivity contribution in [3.63, 3.8) is 0 Å². The first-order valence-electron chi connectivity index (χ1n) is 13.1. The molecule has 0 spiro atoms. The van der Waals surface area contributed by atoms with Gasteiger partial charge < -0.3 is 23.4 Å². The van der Waals surface area contributed by atoms with E-state index in [2.05, 4.69) is 40.8 Å². The van der Waals surface area contributed by atoms with Crippen LogP contribution in [0.5, 0.6) is 0 Å². The molecule has 0 aromatic rings. The van der Waals surface area contributed by atoms with Crippen LogP contribution in [0.25, 0.3) is 0 Å². The Bertz CT molecular complexity index is 813. The number of hydrogen-bond acceptors (Lipinski definition) is 8. The zero-order chi connectivity index (χ0) is 25.5. The topological polar surface area (TPSA) is 63.2 Å². The third kappa shape index (κ3) is 5.24. The molecular weight excluding hydrogens is 501 g/mol. The number of ether oxygens (including phenoxy) is 4. The maximum atomic E-state index is 13.4. The lowest BCUT2D eigenvalue weighted by Crippen LogP contribution is -2.51. The quantitative estimate of drug-likeness (QED) is 0.299. The summed E-state index contributed by atoms with van der Waals surface area (Å²) in [5, 5.41) is 0.106. The number of carbonyl (C=O) groups excluding carboxylic acids is 1.